The zero-order valence-electron chi connectivity index (χ0n) is 11.2. The number of thioether (sulfide) groups is 1. The number of aliphatic hydroxyl groups is 1. The predicted molar refractivity (Wildman–Crippen MR) is 82.8 cm³/mol. The minimum Gasteiger partial charge on any atom is -0.392 e. The molecule has 0 aliphatic heterocycles. The Hall–Kier alpha value is -2.09. The van der Waals surface area contributed by atoms with Crippen molar-refractivity contribution in [2.24, 2.45) is 5.84 Å². The van der Waals surface area contributed by atoms with Crippen molar-refractivity contribution in [2.45, 2.75) is 17.3 Å². The Balaban J connectivity index is 2.15. The number of rotatable bonds is 6. The van der Waals surface area contributed by atoms with Gasteiger partial charge in [0.2, 0.25) is 0 Å². The van der Waals surface area contributed by atoms with Crippen molar-refractivity contribution in [3.63, 3.8) is 0 Å². The van der Waals surface area contributed by atoms with E-state index in [4.69, 9.17) is 10.9 Å². The van der Waals surface area contributed by atoms with Crippen LogP contribution in [0.3, 0.4) is 0 Å². The van der Waals surface area contributed by atoms with E-state index in [1.165, 1.54) is 6.07 Å². The second-order valence-corrected chi connectivity index (χ2v) is 5.35. The summed E-state index contributed by atoms with van der Waals surface area (Å²) in [4.78, 5) is 11.5. The zero-order chi connectivity index (χ0) is 15.2. The van der Waals surface area contributed by atoms with Gasteiger partial charge in [-0.2, -0.15) is 0 Å². The molecule has 0 aliphatic rings. The topological polar surface area (TPSA) is 101 Å². The second kappa shape index (κ2) is 7.07. The average molecular weight is 305 g/mol. The molecule has 0 unspecified atom stereocenters. The lowest BCUT2D eigenvalue weighted by Gasteiger charge is -2.09. The van der Waals surface area contributed by atoms with E-state index in [-0.39, 0.29) is 12.3 Å². The summed E-state index contributed by atoms with van der Waals surface area (Å²) >= 11 is 1.54. The Morgan fingerprint density at radius 2 is 1.95 bits per heavy atom. The van der Waals surface area contributed by atoms with Crippen LogP contribution in [0.25, 0.3) is 0 Å². The maximum absolute atomic E-state index is 11.0. The smallest absolute Gasteiger partial charge is 0.293 e. The van der Waals surface area contributed by atoms with Crippen LogP contribution in [0.2, 0.25) is 0 Å². The lowest BCUT2D eigenvalue weighted by atomic mass is 10.2. The van der Waals surface area contributed by atoms with E-state index in [1.807, 2.05) is 24.3 Å². The number of hydrogen-bond donors (Lipinski definition) is 3. The van der Waals surface area contributed by atoms with E-state index < -0.39 is 4.92 Å². The van der Waals surface area contributed by atoms with Gasteiger partial charge in [0.25, 0.3) is 5.69 Å². The molecule has 21 heavy (non-hydrogen) atoms. The number of nitrogens with one attached hydrogen (secondary N) is 1. The molecule has 2 rings (SSSR count). The summed E-state index contributed by atoms with van der Waals surface area (Å²) in [5, 5.41) is 20.0. The standard InChI is InChI=1S/C14H15N3O3S/c15-16-14-11(2-1-3-13(14)17(19)20)9-21-12-6-4-10(8-18)5-7-12/h1-7,16,18H,8-9,15H2. The largest absolute Gasteiger partial charge is 0.392 e. The fraction of sp³-hybridized carbons (Fsp3) is 0.143. The lowest BCUT2D eigenvalue weighted by molar-refractivity contribution is -0.384. The van der Waals surface area contributed by atoms with Gasteiger partial charge in [-0.05, 0) is 23.3 Å². The van der Waals surface area contributed by atoms with Crippen LogP contribution in [0.15, 0.2) is 47.4 Å². The number of nitro groups is 1. The first-order chi connectivity index (χ1) is 10.2. The molecule has 0 spiro atoms. The third-order valence-electron chi connectivity index (χ3n) is 2.97. The fourth-order valence-corrected chi connectivity index (χ4v) is 2.77. The molecule has 0 aromatic heterocycles. The summed E-state index contributed by atoms with van der Waals surface area (Å²) in [5.41, 5.74) is 4.32. The van der Waals surface area contributed by atoms with Crippen LogP contribution in [0.5, 0.6) is 0 Å². The van der Waals surface area contributed by atoms with Gasteiger partial charge in [0.15, 0.2) is 0 Å². The molecule has 2 aromatic rings. The number of hydrazine groups is 1. The van der Waals surface area contributed by atoms with Crippen molar-refractivity contribution in [3.05, 3.63) is 63.7 Å². The highest BCUT2D eigenvalue weighted by Gasteiger charge is 2.16. The second-order valence-electron chi connectivity index (χ2n) is 4.30. The number of anilines is 1. The molecule has 0 saturated carbocycles. The Morgan fingerprint density at radius 3 is 2.52 bits per heavy atom. The maximum atomic E-state index is 11.0. The number of hydrogen-bond acceptors (Lipinski definition) is 6. The minimum atomic E-state index is -0.459. The van der Waals surface area contributed by atoms with E-state index in [0.29, 0.717) is 11.4 Å². The molecule has 6 nitrogen and oxygen atoms in total. The van der Waals surface area contributed by atoms with Crippen LogP contribution in [0, 0.1) is 10.1 Å². The molecular weight excluding hydrogens is 290 g/mol. The summed E-state index contributed by atoms with van der Waals surface area (Å²) in [6.45, 7) is 0.0110. The molecule has 0 radical (unpaired) electrons. The first-order valence-corrected chi connectivity index (χ1v) is 7.19. The molecule has 4 N–H and O–H groups in total. The van der Waals surface area contributed by atoms with Gasteiger partial charge in [-0.3, -0.25) is 16.0 Å². The highest BCUT2D eigenvalue weighted by atomic mass is 32.2. The number of nitrogens with zero attached hydrogens (tertiary/aromatic N) is 1. The van der Waals surface area contributed by atoms with E-state index in [1.54, 1.807) is 23.9 Å². The average Bonchev–Trinajstić information content (AvgIpc) is 2.52. The zero-order valence-corrected chi connectivity index (χ0v) is 12.0. The van der Waals surface area contributed by atoms with Gasteiger partial charge in [-0.1, -0.05) is 24.3 Å². The van der Waals surface area contributed by atoms with Crippen molar-refractivity contribution in [1.29, 1.82) is 0 Å². The van der Waals surface area contributed by atoms with Gasteiger partial charge in [-0.25, -0.2) is 0 Å². The van der Waals surface area contributed by atoms with E-state index in [0.717, 1.165) is 16.0 Å². The van der Waals surface area contributed by atoms with Gasteiger partial charge in [0, 0.05) is 16.7 Å². The van der Waals surface area contributed by atoms with Crippen molar-refractivity contribution < 1.29 is 10.0 Å². The molecule has 7 heteroatoms. The molecule has 110 valence electrons. The number of nitrogens with two attached hydrogens (primary N) is 1. The van der Waals surface area contributed by atoms with Crippen LogP contribution >= 0.6 is 11.8 Å². The normalized spacial score (nSPS) is 10.4. The summed E-state index contributed by atoms with van der Waals surface area (Å²) in [7, 11) is 0. The van der Waals surface area contributed by atoms with Crippen molar-refractivity contribution in [2.75, 3.05) is 5.43 Å². The number of nitro benzene ring substituents is 1. The third-order valence-corrected chi connectivity index (χ3v) is 4.03. The van der Waals surface area contributed by atoms with Crippen molar-refractivity contribution >= 4 is 23.1 Å². The number of para-hydroxylation sites is 1. The molecule has 0 saturated heterocycles. The van der Waals surface area contributed by atoms with Crippen LogP contribution in [0.4, 0.5) is 11.4 Å². The molecule has 0 atom stereocenters. The number of nitrogen functional groups attached to an aromatic ring is 1. The Labute approximate surface area is 126 Å². The highest BCUT2D eigenvalue weighted by molar-refractivity contribution is 7.98. The van der Waals surface area contributed by atoms with Crippen molar-refractivity contribution in [1.82, 2.24) is 0 Å². The van der Waals surface area contributed by atoms with Crippen LogP contribution in [-0.2, 0) is 12.4 Å². The van der Waals surface area contributed by atoms with Gasteiger partial charge >= 0.3 is 0 Å². The first-order valence-electron chi connectivity index (χ1n) is 6.21. The van der Waals surface area contributed by atoms with Crippen LogP contribution in [0.1, 0.15) is 11.1 Å². The number of benzene rings is 2. The monoisotopic (exact) mass is 305 g/mol. The predicted octanol–water partition coefficient (Wildman–Crippen LogP) is 2.67. The summed E-state index contributed by atoms with van der Waals surface area (Å²) < 4.78 is 0. The van der Waals surface area contributed by atoms with E-state index in [9.17, 15) is 10.1 Å². The summed E-state index contributed by atoms with van der Waals surface area (Å²) in [5.74, 6) is 5.96. The highest BCUT2D eigenvalue weighted by Crippen LogP contribution is 2.32. The summed E-state index contributed by atoms with van der Waals surface area (Å²) in [6, 6.07) is 12.4. The molecule has 0 aliphatic carbocycles. The summed E-state index contributed by atoms with van der Waals surface area (Å²) in [6.07, 6.45) is 0. The van der Waals surface area contributed by atoms with Crippen molar-refractivity contribution in [3.8, 4) is 0 Å². The van der Waals surface area contributed by atoms with Crippen LogP contribution in [-0.4, -0.2) is 10.0 Å². The molecule has 2 aromatic carbocycles. The molecular formula is C14H15N3O3S. The molecule has 0 amide bonds. The van der Waals surface area contributed by atoms with Gasteiger partial charge in [0.1, 0.15) is 5.69 Å². The van der Waals surface area contributed by atoms with E-state index in [2.05, 4.69) is 5.43 Å². The fourth-order valence-electron chi connectivity index (χ4n) is 1.88. The van der Waals surface area contributed by atoms with E-state index >= 15 is 0 Å². The molecule has 0 bridgehead atoms. The minimum absolute atomic E-state index is 0.0110. The van der Waals surface area contributed by atoms with Gasteiger partial charge in [-0.15, -0.1) is 11.8 Å². The number of aliphatic hydroxyl groups excluding tert-OH is 1. The first kappa shape index (κ1) is 15.3. The Morgan fingerprint density at radius 1 is 1.24 bits per heavy atom. The molecule has 0 heterocycles. The van der Waals surface area contributed by atoms with Crippen LogP contribution < -0.4 is 11.3 Å². The molecule has 0 fully saturated rings. The maximum Gasteiger partial charge on any atom is 0.293 e. The SMILES string of the molecule is NNc1c(CSc2ccc(CO)cc2)cccc1[N+](=O)[O-]. The van der Waals surface area contributed by atoms with Gasteiger partial charge in [0.05, 0.1) is 11.5 Å². The Kier molecular flexibility index (Phi) is 5.15. The van der Waals surface area contributed by atoms with Gasteiger partial charge < -0.3 is 10.5 Å². The third kappa shape index (κ3) is 3.72. The Bertz CT molecular complexity index is 632. The quantitative estimate of drug-likeness (QED) is 0.328. The lowest BCUT2D eigenvalue weighted by Crippen LogP contribution is -2.11.